The van der Waals surface area contributed by atoms with Crippen molar-refractivity contribution in [3.05, 3.63) is 63.1 Å². The minimum atomic E-state index is -0.743. The molecule has 0 radical (unpaired) electrons. The third-order valence-electron chi connectivity index (χ3n) is 4.64. The first-order valence-electron chi connectivity index (χ1n) is 8.73. The van der Waals surface area contributed by atoms with Crippen molar-refractivity contribution in [2.75, 3.05) is 13.1 Å². The van der Waals surface area contributed by atoms with Crippen LogP contribution in [0.15, 0.2) is 46.2 Å². The van der Waals surface area contributed by atoms with Gasteiger partial charge in [-0.25, -0.2) is 9.78 Å². The van der Waals surface area contributed by atoms with Gasteiger partial charge in [0.05, 0.1) is 12.9 Å². The lowest BCUT2D eigenvalue weighted by Crippen LogP contribution is -3.00. The summed E-state index contributed by atoms with van der Waals surface area (Å²) in [7, 11) is 2.97. The zero-order valence-electron chi connectivity index (χ0n) is 15.7. The van der Waals surface area contributed by atoms with Gasteiger partial charge >= 0.3 is 5.69 Å². The van der Waals surface area contributed by atoms with Gasteiger partial charge in [-0.2, -0.15) is 0 Å². The summed E-state index contributed by atoms with van der Waals surface area (Å²) in [5.74, 6) is 0. The van der Waals surface area contributed by atoms with Crippen LogP contribution < -0.4 is 29.0 Å². The number of nitrogens with two attached hydrogens (primary N) is 1. The Morgan fingerprint density at radius 2 is 1.75 bits per heavy atom. The number of halogens is 1. The lowest BCUT2D eigenvalue weighted by atomic mass is 10.1. The number of imidazole rings is 1. The SMILES string of the molecule is Cn1c(=O)c2c(ncn2CC(O)C[NH2+]CC(O)c2ccccc2)n(C)c1=O.[Cl-]. The van der Waals surface area contributed by atoms with E-state index in [-0.39, 0.29) is 24.5 Å². The Kier molecular flexibility index (Phi) is 7.14. The number of benzene rings is 1. The molecule has 2 unspecified atom stereocenters. The van der Waals surface area contributed by atoms with Gasteiger partial charge in [0.15, 0.2) is 11.2 Å². The molecule has 3 aromatic rings. The van der Waals surface area contributed by atoms with E-state index in [1.807, 2.05) is 35.6 Å². The smallest absolute Gasteiger partial charge is 0.332 e. The van der Waals surface area contributed by atoms with Crippen LogP contribution in [0.2, 0.25) is 0 Å². The van der Waals surface area contributed by atoms with Crippen molar-refractivity contribution in [3.63, 3.8) is 0 Å². The molecule has 0 saturated carbocycles. The summed E-state index contributed by atoms with van der Waals surface area (Å²) in [5, 5.41) is 22.3. The number of fused-ring (bicyclic) bond motifs is 1. The molecule has 4 N–H and O–H groups in total. The van der Waals surface area contributed by atoms with Gasteiger partial charge in [-0.1, -0.05) is 30.3 Å². The first-order valence-corrected chi connectivity index (χ1v) is 8.73. The summed E-state index contributed by atoms with van der Waals surface area (Å²) in [5.41, 5.74) is 0.512. The van der Waals surface area contributed by atoms with E-state index in [9.17, 15) is 19.8 Å². The van der Waals surface area contributed by atoms with Gasteiger partial charge in [0.1, 0.15) is 25.3 Å². The fraction of sp³-hybridized carbons (Fsp3) is 0.389. The van der Waals surface area contributed by atoms with E-state index in [1.165, 1.54) is 17.9 Å². The molecule has 0 spiro atoms. The third-order valence-corrected chi connectivity index (χ3v) is 4.64. The molecule has 9 nitrogen and oxygen atoms in total. The molecule has 0 aliphatic rings. The molecule has 3 rings (SSSR count). The van der Waals surface area contributed by atoms with Crippen LogP contribution in [0.4, 0.5) is 0 Å². The highest BCUT2D eigenvalue weighted by atomic mass is 35.5. The number of hydrogen-bond donors (Lipinski definition) is 3. The summed E-state index contributed by atoms with van der Waals surface area (Å²) in [6, 6.07) is 9.33. The van der Waals surface area contributed by atoms with E-state index in [2.05, 4.69) is 4.98 Å². The van der Waals surface area contributed by atoms with Crippen LogP contribution in [-0.4, -0.2) is 48.1 Å². The standard InChI is InChI=1S/C18H23N5O4.ClH/c1-21-16-15(17(26)22(2)18(21)27)23(11-20-16)10-13(24)8-19-9-14(25)12-6-4-3-5-7-12;/h3-7,11,13-14,19,24-25H,8-10H2,1-2H3;1H. The number of nitrogens with zero attached hydrogens (tertiary/aromatic N) is 4. The van der Waals surface area contributed by atoms with E-state index in [0.29, 0.717) is 18.7 Å². The largest absolute Gasteiger partial charge is 1.00 e. The van der Waals surface area contributed by atoms with Crippen molar-refractivity contribution < 1.29 is 27.9 Å². The van der Waals surface area contributed by atoms with Crippen LogP contribution in [0.25, 0.3) is 11.2 Å². The Hall–Kier alpha value is -2.46. The molecular weight excluding hydrogens is 386 g/mol. The van der Waals surface area contributed by atoms with Crippen LogP contribution in [0, 0.1) is 0 Å². The lowest BCUT2D eigenvalue weighted by Gasteiger charge is -2.14. The van der Waals surface area contributed by atoms with Crippen molar-refractivity contribution in [1.82, 2.24) is 18.7 Å². The number of quaternary nitrogens is 1. The monoisotopic (exact) mass is 409 g/mol. The second-order valence-corrected chi connectivity index (χ2v) is 6.62. The van der Waals surface area contributed by atoms with E-state index in [4.69, 9.17) is 0 Å². The highest BCUT2D eigenvalue weighted by Crippen LogP contribution is 2.09. The molecule has 2 aromatic heterocycles. The predicted molar refractivity (Wildman–Crippen MR) is 99.3 cm³/mol. The normalized spacial score (nSPS) is 13.3. The second-order valence-electron chi connectivity index (χ2n) is 6.62. The van der Waals surface area contributed by atoms with Gasteiger partial charge in [0.2, 0.25) is 0 Å². The highest BCUT2D eigenvalue weighted by Gasteiger charge is 2.17. The average molecular weight is 410 g/mol. The van der Waals surface area contributed by atoms with Crippen LogP contribution in [0.1, 0.15) is 11.7 Å². The number of hydrogen-bond acceptors (Lipinski definition) is 5. The Morgan fingerprint density at radius 1 is 1.07 bits per heavy atom. The molecule has 0 amide bonds. The maximum atomic E-state index is 12.4. The molecule has 28 heavy (non-hydrogen) atoms. The Bertz CT molecular complexity index is 1040. The Morgan fingerprint density at radius 3 is 2.43 bits per heavy atom. The van der Waals surface area contributed by atoms with Gasteiger partial charge < -0.3 is 32.5 Å². The molecule has 0 aliphatic heterocycles. The number of aryl methyl sites for hydroxylation is 1. The van der Waals surface area contributed by atoms with Gasteiger partial charge in [0, 0.05) is 14.1 Å². The fourth-order valence-corrected chi connectivity index (χ4v) is 3.09. The van der Waals surface area contributed by atoms with Crippen LogP contribution in [0.3, 0.4) is 0 Å². The molecule has 2 heterocycles. The van der Waals surface area contributed by atoms with Crippen molar-refractivity contribution in [1.29, 1.82) is 0 Å². The molecule has 0 bridgehead atoms. The first kappa shape index (κ1) is 21.8. The minimum Gasteiger partial charge on any atom is -1.00 e. The quantitative estimate of drug-likeness (QED) is 0.361. The molecule has 0 aliphatic carbocycles. The molecule has 0 saturated heterocycles. The van der Waals surface area contributed by atoms with Gasteiger partial charge in [-0.05, 0) is 5.56 Å². The Balaban J connectivity index is 0.00000280. The summed E-state index contributed by atoms with van der Waals surface area (Å²) in [6.07, 6.45) is 0.0923. The topological polar surface area (TPSA) is 119 Å². The van der Waals surface area contributed by atoms with Crippen molar-refractivity contribution in [2.24, 2.45) is 14.1 Å². The predicted octanol–water partition coefficient (Wildman–Crippen LogP) is -4.90. The Labute approximate surface area is 167 Å². The van der Waals surface area contributed by atoms with Crippen molar-refractivity contribution in [2.45, 2.75) is 18.8 Å². The summed E-state index contributed by atoms with van der Waals surface area (Å²) < 4.78 is 3.89. The second kappa shape index (κ2) is 9.16. The van der Waals surface area contributed by atoms with Gasteiger partial charge in [-0.3, -0.25) is 13.9 Å². The summed E-state index contributed by atoms with van der Waals surface area (Å²) >= 11 is 0. The maximum absolute atomic E-state index is 12.4. The molecule has 2 atom stereocenters. The molecule has 0 fully saturated rings. The maximum Gasteiger partial charge on any atom is 0.332 e. The van der Waals surface area contributed by atoms with E-state index in [1.54, 1.807) is 11.6 Å². The summed E-state index contributed by atoms with van der Waals surface area (Å²) in [4.78, 5) is 28.5. The fourth-order valence-electron chi connectivity index (χ4n) is 3.09. The number of aliphatic hydroxyl groups is 2. The van der Waals surface area contributed by atoms with E-state index < -0.39 is 23.5 Å². The van der Waals surface area contributed by atoms with Crippen molar-refractivity contribution >= 4 is 11.2 Å². The molecule has 10 heteroatoms. The van der Waals surface area contributed by atoms with Crippen molar-refractivity contribution in [3.8, 4) is 0 Å². The third kappa shape index (κ3) is 4.33. The van der Waals surface area contributed by atoms with Crippen LogP contribution in [0.5, 0.6) is 0 Å². The van der Waals surface area contributed by atoms with E-state index in [0.717, 1.165) is 10.1 Å². The first-order chi connectivity index (χ1) is 12.9. The highest BCUT2D eigenvalue weighted by molar-refractivity contribution is 5.69. The number of aromatic nitrogens is 4. The van der Waals surface area contributed by atoms with Gasteiger partial charge in [-0.15, -0.1) is 0 Å². The molecule has 1 aromatic carbocycles. The molecule has 152 valence electrons. The van der Waals surface area contributed by atoms with Gasteiger partial charge in [0.25, 0.3) is 5.56 Å². The summed E-state index contributed by atoms with van der Waals surface area (Å²) in [6.45, 7) is 0.944. The van der Waals surface area contributed by atoms with Crippen LogP contribution in [-0.2, 0) is 20.6 Å². The number of rotatable bonds is 7. The average Bonchev–Trinajstić information content (AvgIpc) is 3.08. The zero-order valence-corrected chi connectivity index (χ0v) is 16.5. The zero-order chi connectivity index (χ0) is 19.6. The molecular formula is C18H24ClN5O4. The number of aliphatic hydroxyl groups excluding tert-OH is 2. The lowest BCUT2D eigenvalue weighted by molar-refractivity contribution is -0.668. The van der Waals surface area contributed by atoms with E-state index >= 15 is 0 Å². The van der Waals surface area contributed by atoms with Crippen LogP contribution >= 0.6 is 0 Å². The minimum absolute atomic E-state index is 0.